The Morgan fingerprint density at radius 1 is 1.17 bits per heavy atom. The fraction of sp³-hybridized carbons (Fsp3) is 0.391. The molecule has 7 heteroatoms. The van der Waals surface area contributed by atoms with Crippen molar-refractivity contribution in [3.05, 3.63) is 65.5 Å². The van der Waals surface area contributed by atoms with Gasteiger partial charge in [0.1, 0.15) is 6.04 Å². The number of piperidine rings is 1. The fourth-order valence-corrected chi connectivity index (χ4v) is 3.56. The Morgan fingerprint density at radius 2 is 1.87 bits per heavy atom. The van der Waals surface area contributed by atoms with Crippen LogP contribution in [0.15, 0.2) is 48.5 Å². The molecule has 0 radical (unpaired) electrons. The molecule has 30 heavy (non-hydrogen) atoms. The molecule has 1 heterocycles. The molecule has 3 rings (SSSR count). The molecule has 0 saturated carbocycles. The number of likely N-dealkylation sites (tertiary alicyclic amines) is 1. The van der Waals surface area contributed by atoms with Gasteiger partial charge >= 0.3 is 0 Å². The molecule has 2 aromatic rings. The van der Waals surface area contributed by atoms with Gasteiger partial charge in [0.05, 0.1) is 7.11 Å². The van der Waals surface area contributed by atoms with Crippen LogP contribution < -0.4 is 15.4 Å². The predicted octanol–water partition coefficient (Wildman–Crippen LogP) is 2.73. The van der Waals surface area contributed by atoms with Crippen LogP contribution in [0.4, 0.5) is 4.39 Å². The van der Waals surface area contributed by atoms with Crippen molar-refractivity contribution in [2.75, 3.05) is 20.2 Å². The first kappa shape index (κ1) is 21.8. The number of nitrogens with zero attached hydrogens (tertiary/aromatic N) is 1. The largest absolute Gasteiger partial charge is 0.494 e. The molecule has 0 aromatic heterocycles. The number of hydrogen-bond donors (Lipinski definition) is 2. The molecule has 1 atom stereocenters. The third kappa shape index (κ3) is 5.79. The van der Waals surface area contributed by atoms with Crippen molar-refractivity contribution in [1.82, 2.24) is 15.5 Å². The van der Waals surface area contributed by atoms with Crippen LogP contribution in [0, 0.1) is 5.82 Å². The Morgan fingerprint density at radius 3 is 2.50 bits per heavy atom. The van der Waals surface area contributed by atoms with E-state index in [1.54, 1.807) is 37.3 Å². The second kappa shape index (κ2) is 10.2. The number of carbonyl (C=O) groups excluding carboxylic acids is 2. The number of methoxy groups -OCH3 is 1. The summed E-state index contributed by atoms with van der Waals surface area (Å²) in [6.45, 7) is 3.96. The van der Waals surface area contributed by atoms with Crippen molar-refractivity contribution < 1.29 is 18.7 Å². The lowest BCUT2D eigenvalue weighted by atomic mass is 10.0. The van der Waals surface area contributed by atoms with E-state index in [2.05, 4.69) is 15.5 Å². The lowest BCUT2D eigenvalue weighted by molar-refractivity contribution is -0.123. The van der Waals surface area contributed by atoms with Crippen LogP contribution in [-0.4, -0.2) is 49.0 Å². The maximum atomic E-state index is 13.9. The van der Waals surface area contributed by atoms with E-state index in [-0.39, 0.29) is 29.4 Å². The lowest BCUT2D eigenvalue weighted by Crippen LogP contribution is -2.51. The molecular weight excluding hydrogens is 385 g/mol. The molecule has 2 amide bonds. The van der Waals surface area contributed by atoms with Gasteiger partial charge in [-0.2, -0.15) is 0 Å². The normalized spacial score (nSPS) is 16.0. The summed E-state index contributed by atoms with van der Waals surface area (Å²) in [6.07, 6.45) is 1.62. The zero-order valence-corrected chi connectivity index (χ0v) is 17.4. The Bertz CT molecular complexity index is 867. The van der Waals surface area contributed by atoms with Gasteiger partial charge in [-0.15, -0.1) is 0 Å². The molecule has 1 aliphatic rings. The van der Waals surface area contributed by atoms with E-state index in [1.165, 1.54) is 13.2 Å². The van der Waals surface area contributed by atoms with Gasteiger partial charge in [0, 0.05) is 31.2 Å². The highest BCUT2D eigenvalue weighted by atomic mass is 19.1. The average Bonchev–Trinajstić information content (AvgIpc) is 2.75. The Hall–Kier alpha value is -2.93. The second-order valence-corrected chi connectivity index (χ2v) is 7.59. The van der Waals surface area contributed by atoms with Crippen molar-refractivity contribution >= 4 is 11.8 Å². The van der Waals surface area contributed by atoms with E-state index in [0.717, 1.165) is 31.5 Å². The summed E-state index contributed by atoms with van der Waals surface area (Å²) in [4.78, 5) is 26.9. The molecule has 1 unspecified atom stereocenters. The summed E-state index contributed by atoms with van der Waals surface area (Å²) in [5.74, 6) is -0.563. The number of carbonyl (C=O) groups is 2. The Balaban J connectivity index is 1.43. The van der Waals surface area contributed by atoms with E-state index in [9.17, 15) is 14.0 Å². The number of nitrogens with one attached hydrogen (secondary N) is 2. The Kier molecular flexibility index (Phi) is 7.41. The smallest absolute Gasteiger partial charge is 0.251 e. The van der Waals surface area contributed by atoms with Gasteiger partial charge in [-0.3, -0.25) is 14.5 Å². The highest BCUT2D eigenvalue weighted by molar-refractivity contribution is 5.97. The molecule has 0 bridgehead atoms. The molecule has 6 nitrogen and oxygen atoms in total. The van der Waals surface area contributed by atoms with E-state index in [4.69, 9.17) is 4.74 Å². The van der Waals surface area contributed by atoms with Gasteiger partial charge in [-0.05, 0) is 49.6 Å². The minimum absolute atomic E-state index is 0.0671. The number of hydrogen-bond acceptors (Lipinski definition) is 4. The molecule has 0 spiro atoms. The molecule has 1 aliphatic heterocycles. The summed E-state index contributed by atoms with van der Waals surface area (Å²) >= 11 is 0. The van der Waals surface area contributed by atoms with Gasteiger partial charge in [0.25, 0.3) is 5.91 Å². The third-order valence-corrected chi connectivity index (χ3v) is 5.33. The van der Waals surface area contributed by atoms with Gasteiger partial charge in [-0.1, -0.05) is 24.3 Å². The Labute approximate surface area is 176 Å². The monoisotopic (exact) mass is 413 g/mol. The van der Waals surface area contributed by atoms with Crippen LogP contribution in [0.3, 0.4) is 0 Å². The SMILES string of the molecule is COc1ccc(CN2CCC(NC(=O)C(C)NC(=O)c3ccccc3)CC2)cc1F. The topological polar surface area (TPSA) is 70.7 Å². The van der Waals surface area contributed by atoms with Gasteiger partial charge < -0.3 is 15.4 Å². The first-order valence-electron chi connectivity index (χ1n) is 10.2. The molecule has 1 fully saturated rings. The third-order valence-electron chi connectivity index (χ3n) is 5.33. The van der Waals surface area contributed by atoms with E-state index < -0.39 is 6.04 Å². The number of amides is 2. The maximum absolute atomic E-state index is 13.9. The minimum Gasteiger partial charge on any atom is -0.494 e. The summed E-state index contributed by atoms with van der Waals surface area (Å²) in [7, 11) is 1.45. The molecular formula is C23H28FN3O3. The van der Waals surface area contributed by atoms with Crippen molar-refractivity contribution in [1.29, 1.82) is 0 Å². The molecule has 0 aliphatic carbocycles. The summed E-state index contributed by atoms with van der Waals surface area (Å²) in [5.41, 5.74) is 1.42. The van der Waals surface area contributed by atoms with Crippen LogP contribution in [-0.2, 0) is 11.3 Å². The van der Waals surface area contributed by atoms with E-state index >= 15 is 0 Å². The standard InChI is InChI=1S/C23H28FN3O3/c1-16(25-23(29)18-6-4-3-5-7-18)22(28)26-19-10-12-27(13-11-19)15-17-8-9-21(30-2)20(24)14-17/h3-9,14,16,19H,10-13,15H2,1-2H3,(H,25,29)(H,26,28). The maximum Gasteiger partial charge on any atom is 0.251 e. The quantitative estimate of drug-likeness (QED) is 0.732. The molecule has 160 valence electrons. The number of benzene rings is 2. The first-order chi connectivity index (χ1) is 14.5. The van der Waals surface area contributed by atoms with Gasteiger partial charge in [0.2, 0.25) is 5.91 Å². The zero-order valence-electron chi connectivity index (χ0n) is 17.4. The summed E-state index contributed by atoms with van der Waals surface area (Å²) in [5, 5.41) is 5.76. The number of ether oxygens (including phenoxy) is 1. The van der Waals surface area contributed by atoms with Crippen molar-refractivity contribution in [2.24, 2.45) is 0 Å². The lowest BCUT2D eigenvalue weighted by Gasteiger charge is -2.33. The van der Waals surface area contributed by atoms with E-state index in [0.29, 0.717) is 12.1 Å². The van der Waals surface area contributed by atoms with Crippen molar-refractivity contribution in [3.63, 3.8) is 0 Å². The highest BCUT2D eigenvalue weighted by Gasteiger charge is 2.24. The van der Waals surface area contributed by atoms with Crippen LogP contribution in [0.25, 0.3) is 0 Å². The van der Waals surface area contributed by atoms with Gasteiger partial charge in [0.15, 0.2) is 11.6 Å². The van der Waals surface area contributed by atoms with E-state index in [1.807, 2.05) is 12.1 Å². The predicted molar refractivity (Wildman–Crippen MR) is 113 cm³/mol. The van der Waals surface area contributed by atoms with Crippen molar-refractivity contribution in [3.8, 4) is 5.75 Å². The van der Waals surface area contributed by atoms with Crippen LogP contribution >= 0.6 is 0 Å². The first-order valence-corrected chi connectivity index (χ1v) is 10.2. The molecule has 1 saturated heterocycles. The highest BCUT2D eigenvalue weighted by Crippen LogP contribution is 2.20. The van der Waals surface area contributed by atoms with Crippen LogP contribution in [0.1, 0.15) is 35.7 Å². The minimum atomic E-state index is -0.613. The van der Waals surface area contributed by atoms with Gasteiger partial charge in [-0.25, -0.2) is 4.39 Å². The molecule has 2 aromatic carbocycles. The summed E-state index contributed by atoms with van der Waals surface area (Å²) < 4.78 is 18.8. The average molecular weight is 413 g/mol. The number of rotatable bonds is 7. The zero-order chi connectivity index (χ0) is 21.5. The number of halogens is 1. The van der Waals surface area contributed by atoms with Crippen LogP contribution in [0.2, 0.25) is 0 Å². The van der Waals surface area contributed by atoms with Crippen LogP contribution in [0.5, 0.6) is 5.75 Å². The fourth-order valence-electron chi connectivity index (χ4n) is 3.56. The summed E-state index contributed by atoms with van der Waals surface area (Å²) in [6, 6.07) is 13.3. The van der Waals surface area contributed by atoms with Crippen molar-refractivity contribution in [2.45, 2.75) is 38.4 Å². The second-order valence-electron chi connectivity index (χ2n) is 7.59. The molecule has 2 N–H and O–H groups in total.